The lowest BCUT2D eigenvalue weighted by atomic mass is 10.1. The lowest BCUT2D eigenvalue weighted by Crippen LogP contribution is -2.13. The molecule has 8 nitrogen and oxygen atoms in total. The van der Waals surface area contributed by atoms with Gasteiger partial charge in [0.2, 0.25) is 5.88 Å². The first kappa shape index (κ1) is 17.7. The molecule has 4 rings (SSSR count). The van der Waals surface area contributed by atoms with Crippen LogP contribution in [0.1, 0.15) is 30.1 Å². The van der Waals surface area contributed by atoms with E-state index in [9.17, 15) is 4.79 Å². The number of ether oxygens (including phenoxy) is 1. The van der Waals surface area contributed by atoms with Gasteiger partial charge < -0.3 is 13.6 Å². The summed E-state index contributed by atoms with van der Waals surface area (Å²) in [7, 11) is 0. The summed E-state index contributed by atoms with van der Waals surface area (Å²) in [5.74, 6) is 0.616. The van der Waals surface area contributed by atoms with Gasteiger partial charge in [0.15, 0.2) is 5.76 Å². The summed E-state index contributed by atoms with van der Waals surface area (Å²) in [4.78, 5) is 17.3. The molecule has 3 aromatic heterocycles. The zero-order chi connectivity index (χ0) is 19.3. The first-order valence-corrected chi connectivity index (χ1v) is 8.96. The molecule has 0 radical (unpaired) electrons. The summed E-state index contributed by atoms with van der Waals surface area (Å²) in [5, 5.41) is 11.0. The number of rotatable bonds is 7. The molecule has 1 aromatic carbocycles. The normalized spacial score (nSPS) is 10.9. The third-order valence-electron chi connectivity index (χ3n) is 4.06. The Morgan fingerprint density at radius 3 is 2.89 bits per heavy atom. The number of nitrogens with zero attached hydrogens (tertiary/aromatic N) is 3. The van der Waals surface area contributed by atoms with Gasteiger partial charge in [-0.2, -0.15) is 0 Å². The number of benzene rings is 1. The molecular formula is C20H18N4O4. The summed E-state index contributed by atoms with van der Waals surface area (Å²) in [6.07, 6.45) is 3.42. The lowest BCUT2D eigenvalue weighted by Gasteiger charge is -2.10. The highest BCUT2D eigenvalue weighted by Gasteiger charge is 2.17. The van der Waals surface area contributed by atoms with Crippen LogP contribution >= 0.6 is 0 Å². The maximum absolute atomic E-state index is 12.9. The van der Waals surface area contributed by atoms with Crippen LogP contribution in [0.15, 0.2) is 57.6 Å². The summed E-state index contributed by atoms with van der Waals surface area (Å²) >= 11 is 0. The molecule has 0 spiro atoms. The number of hydrogen-bond donors (Lipinski definition) is 1. The topological polar surface area (TPSA) is 103 Å². The fraction of sp³-hybridized carbons (Fsp3) is 0.200. The molecule has 0 unspecified atom stereocenters. The number of anilines is 1. The van der Waals surface area contributed by atoms with Gasteiger partial charge in [-0.3, -0.25) is 10.1 Å². The Hall–Kier alpha value is -3.68. The molecular weight excluding hydrogens is 360 g/mol. The standard InChI is InChI=1S/C20H18N4O4/c1-2-3-10-27-17-12-14(13-7-4-5-8-15(13)21-17)18(25)22-20-24-23-19(28-20)16-9-6-11-26-16/h4-9,11-12H,2-3,10H2,1H3,(H,22,24,25). The van der Waals surface area contributed by atoms with Gasteiger partial charge in [0.05, 0.1) is 24.0 Å². The Morgan fingerprint density at radius 1 is 1.18 bits per heavy atom. The Kier molecular flexibility index (Phi) is 5.01. The molecule has 28 heavy (non-hydrogen) atoms. The highest BCUT2D eigenvalue weighted by Crippen LogP contribution is 2.24. The Balaban J connectivity index is 1.61. The third kappa shape index (κ3) is 3.71. The summed E-state index contributed by atoms with van der Waals surface area (Å²) in [6.45, 7) is 2.62. The molecule has 0 atom stereocenters. The van der Waals surface area contributed by atoms with E-state index in [2.05, 4.69) is 27.4 Å². The number of nitrogens with one attached hydrogen (secondary N) is 1. The molecule has 0 saturated carbocycles. The van der Waals surface area contributed by atoms with Crippen molar-refractivity contribution in [3.05, 3.63) is 54.3 Å². The second-order valence-electron chi connectivity index (χ2n) is 6.07. The van der Waals surface area contributed by atoms with Crippen LogP contribution in [0, 0.1) is 0 Å². The highest BCUT2D eigenvalue weighted by molar-refractivity contribution is 6.11. The fourth-order valence-corrected chi connectivity index (χ4v) is 2.67. The van der Waals surface area contributed by atoms with Crippen molar-refractivity contribution in [2.45, 2.75) is 19.8 Å². The van der Waals surface area contributed by atoms with E-state index < -0.39 is 5.91 Å². The van der Waals surface area contributed by atoms with Gasteiger partial charge in [-0.05, 0) is 24.6 Å². The zero-order valence-corrected chi connectivity index (χ0v) is 15.2. The highest BCUT2D eigenvalue weighted by atomic mass is 16.5. The monoisotopic (exact) mass is 378 g/mol. The molecule has 0 aliphatic carbocycles. The number of furan rings is 1. The van der Waals surface area contributed by atoms with Crippen LogP contribution in [-0.4, -0.2) is 27.7 Å². The number of amides is 1. The Bertz CT molecular complexity index is 1090. The third-order valence-corrected chi connectivity index (χ3v) is 4.06. The van der Waals surface area contributed by atoms with Crippen LogP contribution < -0.4 is 10.1 Å². The zero-order valence-electron chi connectivity index (χ0n) is 15.2. The van der Waals surface area contributed by atoms with Crippen molar-refractivity contribution < 1.29 is 18.4 Å². The van der Waals surface area contributed by atoms with Crippen LogP contribution in [0.3, 0.4) is 0 Å². The average Bonchev–Trinajstić information content (AvgIpc) is 3.39. The number of para-hydroxylation sites is 1. The van der Waals surface area contributed by atoms with Crippen LogP contribution in [0.4, 0.5) is 6.01 Å². The van der Waals surface area contributed by atoms with Crippen molar-refractivity contribution in [1.29, 1.82) is 0 Å². The first-order chi connectivity index (χ1) is 13.7. The number of pyridine rings is 1. The van der Waals surface area contributed by atoms with E-state index in [1.165, 1.54) is 6.26 Å². The van der Waals surface area contributed by atoms with Crippen LogP contribution in [0.25, 0.3) is 22.6 Å². The smallest absolute Gasteiger partial charge is 0.322 e. The molecule has 8 heteroatoms. The van der Waals surface area contributed by atoms with E-state index in [1.807, 2.05) is 24.3 Å². The van der Waals surface area contributed by atoms with Crippen molar-refractivity contribution in [2.75, 3.05) is 11.9 Å². The van der Waals surface area contributed by atoms with E-state index in [4.69, 9.17) is 13.6 Å². The minimum atomic E-state index is -0.395. The van der Waals surface area contributed by atoms with E-state index in [0.29, 0.717) is 34.7 Å². The number of carbonyl (C=O) groups is 1. The molecule has 1 N–H and O–H groups in total. The van der Waals surface area contributed by atoms with Crippen molar-refractivity contribution in [2.24, 2.45) is 0 Å². The quantitative estimate of drug-likeness (QED) is 0.478. The molecule has 3 heterocycles. The number of carbonyl (C=O) groups excluding carboxylic acids is 1. The minimum absolute atomic E-state index is 0.0225. The number of fused-ring (bicyclic) bond motifs is 1. The number of aromatic nitrogens is 3. The van der Waals surface area contributed by atoms with Gasteiger partial charge in [-0.25, -0.2) is 4.98 Å². The molecule has 0 aliphatic heterocycles. The largest absolute Gasteiger partial charge is 0.478 e. The Labute approximate surface area is 160 Å². The Morgan fingerprint density at radius 2 is 2.07 bits per heavy atom. The van der Waals surface area contributed by atoms with Gasteiger partial charge in [-0.15, -0.1) is 5.10 Å². The number of hydrogen-bond acceptors (Lipinski definition) is 7. The number of unbranched alkanes of at least 4 members (excludes halogenated alkanes) is 1. The predicted octanol–water partition coefficient (Wildman–Crippen LogP) is 4.31. The summed E-state index contributed by atoms with van der Waals surface area (Å²) in [5.41, 5.74) is 1.08. The molecule has 142 valence electrons. The second kappa shape index (κ2) is 7.91. The predicted molar refractivity (Wildman–Crippen MR) is 102 cm³/mol. The summed E-state index contributed by atoms with van der Waals surface area (Å²) in [6, 6.07) is 12.4. The maximum Gasteiger partial charge on any atom is 0.322 e. The SMILES string of the molecule is CCCCOc1cc(C(=O)Nc2nnc(-c3ccco3)o2)c2ccccc2n1. The van der Waals surface area contributed by atoms with Crippen LogP contribution in [0.5, 0.6) is 5.88 Å². The molecule has 0 saturated heterocycles. The molecule has 0 aliphatic rings. The molecule has 0 fully saturated rings. The fourth-order valence-electron chi connectivity index (χ4n) is 2.67. The lowest BCUT2D eigenvalue weighted by molar-refractivity contribution is 0.102. The van der Waals surface area contributed by atoms with Gasteiger partial charge in [0.25, 0.3) is 11.8 Å². The summed E-state index contributed by atoms with van der Waals surface area (Å²) < 4.78 is 16.3. The van der Waals surface area contributed by atoms with E-state index in [1.54, 1.807) is 18.2 Å². The van der Waals surface area contributed by atoms with Crippen LogP contribution in [-0.2, 0) is 0 Å². The van der Waals surface area contributed by atoms with E-state index in [-0.39, 0.29) is 11.9 Å². The van der Waals surface area contributed by atoms with Crippen molar-refractivity contribution in [3.63, 3.8) is 0 Å². The van der Waals surface area contributed by atoms with Crippen molar-refractivity contribution >= 4 is 22.8 Å². The van der Waals surface area contributed by atoms with Crippen molar-refractivity contribution in [3.8, 4) is 17.5 Å². The van der Waals surface area contributed by atoms with Crippen molar-refractivity contribution in [1.82, 2.24) is 15.2 Å². The molecule has 0 bridgehead atoms. The minimum Gasteiger partial charge on any atom is -0.478 e. The van der Waals surface area contributed by atoms with E-state index >= 15 is 0 Å². The maximum atomic E-state index is 12.9. The van der Waals surface area contributed by atoms with Gasteiger partial charge in [0, 0.05) is 11.5 Å². The first-order valence-electron chi connectivity index (χ1n) is 8.96. The average molecular weight is 378 g/mol. The van der Waals surface area contributed by atoms with Gasteiger partial charge in [0.1, 0.15) is 0 Å². The van der Waals surface area contributed by atoms with E-state index in [0.717, 1.165) is 12.8 Å². The van der Waals surface area contributed by atoms with Gasteiger partial charge in [-0.1, -0.05) is 36.6 Å². The second-order valence-corrected chi connectivity index (χ2v) is 6.07. The van der Waals surface area contributed by atoms with Gasteiger partial charge >= 0.3 is 6.01 Å². The molecule has 1 amide bonds. The molecule has 4 aromatic rings. The van der Waals surface area contributed by atoms with Crippen LogP contribution in [0.2, 0.25) is 0 Å².